The van der Waals surface area contributed by atoms with Gasteiger partial charge in [0.25, 0.3) is 0 Å². The lowest BCUT2D eigenvalue weighted by Crippen LogP contribution is -2.52. The highest BCUT2D eigenvalue weighted by Crippen LogP contribution is 2.49. The number of hydrogen-bond donors (Lipinski definition) is 1. The Labute approximate surface area is 62.2 Å². The van der Waals surface area contributed by atoms with Crippen LogP contribution < -0.4 is 0 Å². The van der Waals surface area contributed by atoms with Crippen LogP contribution in [0.3, 0.4) is 0 Å². The molecular weight excluding hydrogens is 128 g/mol. The number of aliphatic hydroxyl groups excluding tert-OH is 1. The molecule has 0 bridgehead atoms. The van der Waals surface area contributed by atoms with E-state index >= 15 is 0 Å². The van der Waals surface area contributed by atoms with Gasteiger partial charge in [0, 0.05) is 7.11 Å². The summed E-state index contributed by atoms with van der Waals surface area (Å²) in [4.78, 5) is 0. The van der Waals surface area contributed by atoms with Crippen molar-refractivity contribution in [2.45, 2.75) is 32.3 Å². The summed E-state index contributed by atoms with van der Waals surface area (Å²) in [5, 5.41) is 8.94. The molecule has 1 N–H and O–H groups in total. The molecule has 2 nitrogen and oxygen atoms in total. The Morgan fingerprint density at radius 2 is 1.90 bits per heavy atom. The van der Waals surface area contributed by atoms with Crippen molar-refractivity contribution in [3.8, 4) is 0 Å². The van der Waals surface area contributed by atoms with Crippen LogP contribution in [0, 0.1) is 5.41 Å². The summed E-state index contributed by atoms with van der Waals surface area (Å²) in [7, 11) is 1.67. The van der Waals surface area contributed by atoms with Gasteiger partial charge in [-0.2, -0.15) is 0 Å². The molecule has 0 spiro atoms. The summed E-state index contributed by atoms with van der Waals surface area (Å²) in [5.74, 6) is 0. The third-order valence-electron chi connectivity index (χ3n) is 2.32. The fraction of sp³-hybridized carbons (Fsp3) is 1.00. The van der Waals surface area contributed by atoms with Crippen LogP contribution in [0.15, 0.2) is 0 Å². The van der Waals surface area contributed by atoms with Gasteiger partial charge in [-0.05, 0) is 18.3 Å². The van der Waals surface area contributed by atoms with E-state index < -0.39 is 0 Å². The first-order valence-electron chi connectivity index (χ1n) is 3.70. The largest absolute Gasteiger partial charge is 0.393 e. The van der Waals surface area contributed by atoms with E-state index in [1.807, 2.05) is 0 Å². The molecule has 0 amide bonds. The highest BCUT2D eigenvalue weighted by Gasteiger charge is 2.49. The molecule has 0 aliphatic heterocycles. The van der Waals surface area contributed by atoms with Crippen LogP contribution in [0.25, 0.3) is 0 Å². The minimum atomic E-state index is -0.205. The fourth-order valence-electron chi connectivity index (χ4n) is 2.01. The number of hydrogen-bond acceptors (Lipinski definition) is 2. The van der Waals surface area contributed by atoms with Gasteiger partial charge in [-0.1, -0.05) is 13.8 Å². The van der Waals surface area contributed by atoms with E-state index in [9.17, 15) is 0 Å². The van der Waals surface area contributed by atoms with Gasteiger partial charge in [0.05, 0.1) is 12.2 Å². The predicted octanol–water partition coefficient (Wildman–Crippen LogP) is 1.18. The highest BCUT2D eigenvalue weighted by atomic mass is 16.5. The first kappa shape index (κ1) is 8.02. The highest BCUT2D eigenvalue weighted by molar-refractivity contribution is 5.00. The topological polar surface area (TPSA) is 29.5 Å². The fourth-order valence-corrected chi connectivity index (χ4v) is 2.01. The van der Waals surface area contributed by atoms with Crippen molar-refractivity contribution in [2.75, 3.05) is 13.7 Å². The lowest BCUT2D eigenvalue weighted by molar-refractivity contribution is -0.162. The van der Waals surface area contributed by atoms with Crippen LogP contribution in [0.4, 0.5) is 0 Å². The molecule has 0 radical (unpaired) electrons. The summed E-state index contributed by atoms with van der Waals surface area (Å²) in [6.07, 6.45) is 1.96. The quantitative estimate of drug-likeness (QED) is 0.630. The lowest BCUT2D eigenvalue weighted by atomic mass is 9.61. The van der Waals surface area contributed by atoms with Crippen molar-refractivity contribution in [1.29, 1.82) is 0 Å². The first-order valence-corrected chi connectivity index (χ1v) is 3.70. The third kappa shape index (κ3) is 1.18. The summed E-state index contributed by atoms with van der Waals surface area (Å²) in [6.45, 7) is 4.55. The van der Waals surface area contributed by atoms with Crippen LogP contribution >= 0.6 is 0 Å². The standard InChI is InChI=1S/C8H16O2/c1-7(2)4-8(5-7,6-9)10-3/h9H,4-6H2,1-3H3. The van der Waals surface area contributed by atoms with Crippen molar-refractivity contribution in [2.24, 2.45) is 5.41 Å². The van der Waals surface area contributed by atoms with Crippen LogP contribution in [0.5, 0.6) is 0 Å². The SMILES string of the molecule is COC1(CO)CC(C)(C)C1. The summed E-state index contributed by atoms with van der Waals surface area (Å²) in [6, 6.07) is 0. The predicted molar refractivity (Wildman–Crippen MR) is 39.8 cm³/mol. The summed E-state index contributed by atoms with van der Waals surface area (Å²) < 4.78 is 5.21. The van der Waals surface area contributed by atoms with Crippen LogP contribution in [0.2, 0.25) is 0 Å². The van der Waals surface area contributed by atoms with Gasteiger partial charge < -0.3 is 9.84 Å². The van der Waals surface area contributed by atoms with Gasteiger partial charge in [0.15, 0.2) is 0 Å². The third-order valence-corrected chi connectivity index (χ3v) is 2.32. The van der Waals surface area contributed by atoms with E-state index in [1.54, 1.807) is 7.11 Å². The Morgan fingerprint density at radius 3 is 2.00 bits per heavy atom. The van der Waals surface area contributed by atoms with Gasteiger partial charge in [-0.25, -0.2) is 0 Å². The van der Waals surface area contributed by atoms with Crippen molar-refractivity contribution in [1.82, 2.24) is 0 Å². The molecule has 0 aromatic heterocycles. The molecule has 10 heavy (non-hydrogen) atoms. The van der Waals surface area contributed by atoms with Crippen LogP contribution in [-0.2, 0) is 4.74 Å². The smallest absolute Gasteiger partial charge is 0.0918 e. The van der Waals surface area contributed by atoms with Gasteiger partial charge in [0.2, 0.25) is 0 Å². The van der Waals surface area contributed by atoms with E-state index in [0.29, 0.717) is 5.41 Å². The molecule has 1 saturated carbocycles. The zero-order valence-corrected chi connectivity index (χ0v) is 6.98. The average Bonchev–Trinajstić information content (AvgIpc) is 1.82. The lowest BCUT2D eigenvalue weighted by Gasteiger charge is -2.51. The molecule has 0 heterocycles. The Kier molecular flexibility index (Phi) is 1.77. The normalized spacial score (nSPS) is 27.6. The number of rotatable bonds is 2. The van der Waals surface area contributed by atoms with E-state index in [4.69, 9.17) is 9.84 Å². The number of aliphatic hydroxyl groups is 1. The molecule has 0 saturated heterocycles. The Bertz CT molecular complexity index is 115. The van der Waals surface area contributed by atoms with E-state index in [0.717, 1.165) is 12.8 Å². The van der Waals surface area contributed by atoms with Gasteiger partial charge in [-0.15, -0.1) is 0 Å². The number of ether oxygens (including phenoxy) is 1. The van der Waals surface area contributed by atoms with E-state index in [-0.39, 0.29) is 12.2 Å². The minimum Gasteiger partial charge on any atom is -0.393 e. The molecular formula is C8H16O2. The molecule has 2 heteroatoms. The second-order valence-electron chi connectivity index (χ2n) is 4.06. The molecule has 0 unspecified atom stereocenters. The Balaban J connectivity index is 2.46. The minimum absolute atomic E-state index is 0.160. The average molecular weight is 144 g/mol. The van der Waals surface area contributed by atoms with Crippen molar-refractivity contribution in [3.05, 3.63) is 0 Å². The second-order valence-corrected chi connectivity index (χ2v) is 4.06. The van der Waals surface area contributed by atoms with Gasteiger partial charge in [-0.3, -0.25) is 0 Å². The second kappa shape index (κ2) is 2.21. The molecule has 60 valence electrons. The molecule has 1 aliphatic carbocycles. The summed E-state index contributed by atoms with van der Waals surface area (Å²) >= 11 is 0. The van der Waals surface area contributed by atoms with Crippen molar-refractivity contribution in [3.63, 3.8) is 0 Å². The molecule has 0 aromatic carbocycles. The zero-order valence-electron chi connectivity index (χ0n) is 6.98. The molecule has 1 aliphatic rings. The molecule has 0 aromatic rings. The first-order chi connectivity index (χ1) is 4.54. The molecule has 1 fully saturated rings. The van der Waals surface area contributed by atoms with E-state index in [1.165, 1.54) is 0 Å². The Hall–Kier alpha value is -0.0800. The monoisotopic (exact) mass is 144 g/mol. The zero-order chi connectivity index (χ0) is 7.83. The maximum atomic E-state index is 8.94. The van der Waals surface area contributed by atoms with Crippen LogP contribution in [-0.4, -0.2) is 24.4 Å². The van der Waals surface area contributed by atoms with E-state index in [2.05, 4.69) is 13.8 Å². The maximum absolute atomic E-state index is 8.94. The van der Waals surface area contributed by atoms with Gasteiger partial charge >= 0.3 is 0 Å². The molecule has 0 atom stereocenters. The van der Waals surface area contributed by atoms with Crippen molar-refractivity contribution >= 4 is 0 Å². The summed E-state index contributed by atoms with van der Waals surface area (Å²) in [5.41, 5.74) is 0.169. The van der Waals surface area contributed by atoms with Gasteiger partial charge in [0.1, 0.15) is 0 Å². The van der Waals surface area contributed by atoms with Crippen LogP contribution in [0.1, 0.15) is 26.7 Å². The number of methoxy groups -OCH3 is 1. The Morgan fingerprint density at radius 1 is 1.40 bits per heavy atom. The van der Waals surface area contributed by atoms with Crippen molar-refractivity contribution < 1.29 is 9.84 Å². The molecule has 1 rings (SSSR count). The maximum Gasteiger partial charge on any atom is 0.0918 e.